The fourth-order valence-corrected chi connectivity index (χ4v) is 20.7. The quantitative estimate of drug-likeness (QED) is 0.111. The van der Waals surface area contributed by atoms with Gasteiger partial charge < -0.3 is 9.80 Å². The highest BCUT2D eigenvalue weighted by Gasteiger charge is 2.40. The molecule has 0 atom stereocenters. The molecule has 0 N–H and O–H groups in total. The molecule has 2 nitrogen and oxygen atoms in total. The minimum Gasteiger partial charge on any atom is -0.310 e. The van der Waals surface area contributed by atoms with Gasteiger partial charge in [0.05, 0.1) is 0 Å². The van der Waals surface area contributed by atoms with Gasteiger partial charge in [-0.05, 0) is 274 Å². The molecule has 368 valence electrons. The zero-order chi connectivity index (χ0) is 49.7. The first-order valence-corrected chi connectivity index (χ1v) is 34.5. The monoisotopic (exact) mass is 995 g/mol. The van der Waals surface area contributed by atoms with E-state index in [-0.39, 0.29) is 0 Å². The van der Waals surface area contributed by atoms with E-state index >= 15 is 0 Å². The summed E-state index contributed by atoms with van der Waals surface area (Å²) in [6.45, 7) is 10.3. The van der Waals surface area contributed by atoms with Crippen molar-refractivity contribution in [1.29, 1.82) is 0 Å². The van der Waals surface area contributed by atoms with Crippen molar-refractivity contribution in [3.05, 3.63) is 201 Å². The van der Waals surface area contributed by atoms with Crippen LogP contribution >= 0.6 is 0 Å². The number of benzene rings is 8. The first-order valence-electron chi connectivity index (χ1n) is 28.5. The van der Waals surface area contributed by atoms with E-state index < -0.39 is 16.1 Å². The summed E-state index contributed by atoms with van der Waals surface area (Å²) in [6.07, 6.45) is 24.7. The number of anilines is 6. The van der Waals surface area contributed by atoms with E-state index in [0.717, 1.165) is 0 Å². The van der Waals surface area contributed by atoms with E-state index in [9.17, 15) is 0 Å². The molecule has 2 aliphatic heterocycles. The van der Waals surface area contributed by atoms with Gasteiger partial charge >= 0.3 is 0 Å². The topological polar surface area (TPSA) is 6.48 Å². The number of aryl methyl sites for hydroxylation is 8. The van der Waals surface area contributed by atoms with Gasteiger partial charge in [0, 0.05) is 34.1 Å². The first kappa shape index (κ1) is 46.1. The summed E-state index contributed by atoms with van der Waals surface area (Å²) in [5, 5.41) is 6.20. The van der Waals surface area contributed by atoms with Crippen LogP contribution in [0.1, 0.15) is 107 Å². The van der Waals surface area contributed by atoms with Gasteiger partial charge in [0.1, 0.15) is 16.1 Å². The third-order valence-electron chi connectivity index (χ3n) is 18.7. The molecular weight excluding hydrogens is 925 g/mol. The third kappa shape index (κ3) is 7.84. The smallest absolute Gasteiger partial charge is 0.113 e. The van der Waals surface area contributed by atoms with Crippen LogP contribution in [0.3, 0.4) is 0 Å². The van der Waals surface area contributed by atoms with Gasteiger partial charge in [0.25, 0.3) is 0 Å². The van der Waals surface area contributed by atoms with Crippen molar-refractivity contribution in [2.75, 3.05) is 9.80 Å². The summed E-state index contributed by atoms with van der Waals surface area (Å²) in [7, 11) is -4.09. The fourth-order valence-electron chi connectivity index (χ4n) is 14.5. The molecule has 0 aromatic heterocycles. The summed E-state index contributed by atoms with van der Waals surface area (Å²) >= 11 is 0. The molecule has 0 saturated carbocycles. The lowest BCUT2D eigenvalue weighted by molar-refractivity contribution is 0.685. The molecule has 0 fully saturated rings. The minimum absolute atomic E-state index is 1.19. The first-order chi connectivity index (χ1) is 36.1. The van der Waals surface area contributed by atoms with Gasteiger partial charge in [0.2, 0.25) is 0 Å². The SMILES string of the molecule is C[Si]1(C)c2cc(C=Cc3ccc4c(c3)[Si](C)(C)c3cc(N(c5ccc6c(c5)CCCC6)c5ccc6c(c5)CCCC6)ccc3-4)ccc2-c2ccc(N(c3ccc4c(c3)CCCC4)c3ccc4c(c3)CCCC4)cc21. The summed E-state index contributed by atoms with van der Waals surface area (Å²) in [5.41, 5.74) is 28.3. The van der Waals surface area contributed by atoms with Gasteiger partial charge in [-0.2, -0.15) is 0 Å². The second-order valence-corrected chi connectivity index (χ2v) is 32.6. The van der Waals surface area contributed by atoms with E-state index in [0.29, 0.717) is 0 Å². The highest BCUT2D eigenvalue weighted by Crippen LogP contribution is 2.43. The van der Waals surface area contributed by atoms with Crippen LogP contribution in [0.5, 0.6) is 0 Å². The van der Waals surface area contributed by atoms with Crippen molar-refractivity contribution in [2.24, 2.45) is 0 Å². The molecule has 8 aromatic rings. The normalized spacial score (nSPS) is 17.3. The molecular formula is C70H70N2Si2. The molecule has 8 aromatic carbocycles. The number of hydrogen-bond acceptors (Lipinski definition) is 2. The maximum Gasteiger partial charge on any atom is 0.113 e. The van der Waals surface area contributed by atoms with Crippen molar-refractivity contribution >= 4 is 83.2 Å². The zero-order valence-electron chi connectivity index (χ0n) is 44.2. The van der Waals surface area contributed by atoms with Gasteiger partial charge in [0.15, 0.2) is 0 Å². The van der Waals surface area contributed by atoms with E-state index in [2.05, 4.69) is 194 Å². The Morgan fingerprint density at radius 1 is 0.270 bits per heavy atom. The second-order valence-electron chi connectivity index (χ2n) is 24.0. The van der Waals surface area contributed by atoms with E-state index in [1.165, 1.54) is 192 Å². The van der Waals surface area contributed by atoms with Crippen molar-refractivity contribution in [3.8, 4) is 22.3 Å². The van der Waals surface area contributed by atoms with Crippen molar-refractivity contribution < 1.29 is 0 Å². The van der Waals surface area contributed by atoms with Crippen LogP contribution in [0.15, 0.2) is 146 Å². The largest absolute Gasteiger partial charge is 0.310 e. The Morgan fingerprint density at radius 2 is 0.514 bits per heavy atom. The van der Waals surface area contributed by atoms with Crippen LogP contribution < -0.4 is 30.5 Å². The predicted octanol–water partition coefficient (Wildman–Crippen LogP) is 15.9. The Morgan fingerprint density at radius 3 is 0.824 bits per heavy atom. The Kier molecular flexibility index (Phi) is 11.3. The van der Waals surface area contributed by atoms with E-state index in [1.54, 1.807) is 43.0 Å². The Hall–Kier alpha value is -6.47. The molecule has 4 aliphatic carbocycles. The van der Waals surface area contributed by atoms with Crippen LogP contribution in [-0.4, -0.2) is 16.1 Å². The van der Waals surface area contributed by atoms with Crippen LogP contribution in [0.25, 0.3) is 34.4 Å². The lowest BCUT2D eigenvalue weighted by Gasteiger charge is -2.30. The van der Waals surface area contributed by atoms with Gasteiger partial charge in [-0.15, -0.1) is 0 Å². The maximum atomic E-state index is 2.58. The number of nitrogens with zero attached hydrogens (tertiary/aromatic N) is 2. The fraction of sp³-hybridized carbons (Fsp3) is 0.286. The van der Waals surface area contributed by atoms with Crippen molar-refractivity contribution in [1.82, 2.24) is 0 Å². The molecule has 4 heteroatoms. The van der Waals surface area contributed by atoms with Crippen LogP contribution in [0, 0.1) is 0 Å². The van der Waals surface area contributed by atoms with Crippen LogP contribution in [-0.2, 0) is 51.4 Å². The average Bonchev–Trinajstić information content (AvgIpc) is 3.83. The average molecular weight is 996 g/mol. The van der Waals surface area contributed by atoms with Crippen LogP contribution in [0.4, 0.5) is 34.1 Å². The van der Waals surface area contributed by atoms with E-state index in [4.69, 9.17) is 0 Å². The van der Waals surface area contributed by atoms with Crippen molar-refractivity contribution in [2.45, 2.75) is 129 Å². The number of fused-ring (bicyclic) bond motifs is 10. The molecule has 14 rings (SSSR count). The Labute approximate surface area is 442 Å². The standard InChI is InChI=1S/C70H70N2Si2/c1-73(2)67-39-47(23-35-63(67)65-37-33-61(45-69(65)73)71(57-29-25-49-13-5-9-17-53(49)41-57)58-30-26-50-14-6-10-18-54(50)42-58)21-22-48-24-36-64-66-38-34-62(46-70(66)74(3,4)68(64)40-48)72(59-31-27-51-15-7-11-19-55(51)43-59)60-32-28-52-16-8-12-20-56(52)44-60/h21-46H,5-20H2,1-4H3. The van der Waals surface area contributed by atoms with Gasteiger partial charge in [-0.1, -0.05) is 111 Å². The molecule has 0 amide bonds. The maximum absolute atomic E-state index is 2.58. The molecule has 74 heavy (non-hydrogen) atoms. The van der Waals surface area contributed by atoms with Gasteiger partial charge in [-0.25, -0.2) is 0 Å². The molecule has 6 aliphatic rings. The molecule has 0 spiro atoms. The number of rotatable bonds is 8. The molecule has 2 heterocycles. The molecule has 0 unspecified atom stereocenters. The van der Waals surface area contributed by atoms with Gasteiger partial charge in [-0.3, -0.25) is 0 Å². The molecule has 0 bridgehead atoms. The Balaban J connectivity index is 0.760. The molecule has 0 saturated heterocycles. The number of hydrogen-bond donors (Lipinski definition) is 0. The summed E-state index contributed by atoms with van der Waals surface area (Å²) < 4.78 is 0. The van der Waals surface area contributed by atoms with E-state index in [1.807, 2.05) is 0 Å². The predicted molar refractivity (Wildman–Crippen MR) is 322 cm³/mol. The highest BCUT2D eigenvalue weighted by atomic mass is 28.3. The Bertz CT molecular complexity index is 3260. The summed E-state index contributed by atoms with van der Waals surface area (Å²) in [6, 6.07) is 58.8. The zero-order valence-corrected chi connectivity index (χ0v) is 46.2. The third-order valence-corrected chi connectivity index (χ3v) is 25.8. The summed E-state index contributed by atoms with van der Waals surface area (Å²) in [5.74, 6) is 0. The highest BCUT2D eigenvalue weighted by molar-refractivity contribution is 7.04. The second kappa shape index (κ2) is 18.1. The summed E-state index contributed by atoms with van der Waals surface area (Å²) in [4.78, 5) is 5.15. The molecule has 0 radical (unpaired) electrons. The lowest BCUT2D eigenvalue weighted by Crippen LogP contribution is -2.49. The lowest BCUT2D eigenvalue weighted by atomic mass is 9.90. The minimum atomic E-state index is -2.04. The van der Waals surface area contributed by atoms with Crippen LogP contribution in [0.2, 0.25) is 26.2 Å². The van der Waals surface area contributed by atoms with Crippen molar-refractivity contribution in [3.63, 3.8) is 0 Å².